The van der Waals surface area contributed by atoms with Gasteiger partial charge in [0.1, 0.15) is 5.69 Å². The van der Waals surface area contributed by atoms with Gasteiger partial charge in [0.25, 0.3) is 0 Å². The lowest BCUT2D eigenvalue weighted by atomic mass is 10.2. The number of nitro benzene ring substituents is 1. The highest BCUT2D eigenvalue weighted by Crippen LogP contribution is 2.35. The minimum atomic E-state index is -0.453. The molecule has 0 aliphatic rings. The zero-order valence-corrected chi connectivity index (χ0v) is 12.1. The Hall–Kier alpha value is -2.57. The number of hydrogen-bond donors (Lipinski definition) is 1. The molecule has 7 heteroatoms. The quantitative estimate of drug-likeness (QED) is 0.648. The molecular formula is C14H17N3O4. The zero-order chi connectivity index (χ0) is 15.4. The average Bonchev–Trinajstić information content (AvgIpc) is 2.81. The van der Waals surface area contributed by atoms with Gasteiger partial charge in [0.2, 0.25) is 0 Å². The first kappa shape index (κ1) is 14.8. The van der Waals surface area contributed by atoms with Gasteiger partial charge in [-0.25, -0.2) is 0 Å². The highest BCUT2D eigenvalue weighted by atomic mass is 16.6. The Morgan fingerprint density at radius 3 is 2.81 bits per heavy atom. The maximum absolute atomic E-state index is 11.3. The Balaban J connectivity index is 2.23. The van der Waals surface area contributed by atoms with Crippen molar-refractivity contribution in [2.24, 2.45) is 0 Å². The van der Waals surface area contributed by atoms with Crippen LogP contribution >= 0.6 is 0 Å². The SMILES string of the molecule is Cc1cc(CNc2cccc(OC(C)C)c2[N+](=O)[O-])on1. The summed E-state index contributed by atoms with van der Waals surface area (Å²) in [6.45, 7) is 5.77. The van der Waals surface area contributed by atoms with E-state index in [1.807, 2.05) is 20.8 Å². The standard InChI is InChI=1S/C14H17N3O4/c1-9(2)20-13-6-4-5-12(14(13)17(18)19)15-8-11-7-10(3)16-21-11/h4-7,9,15H,8H2,1-3H3. The topological polar surface area (TPSA) is 90.4 Å². The number of anilines is 1. The molecule has 0 spiro atoms. The number of rotatable bonds is 6. The van der Waals surface area contributed by atoms with E-state index < -0.39 is 4.92 Å². The predicted molar refractivity (Wildman–Crippen MR) is 77.4 cm³/mol. The molecule has 1 heterocycles. The molecule has 0 unspecified atom stereocenters. The maximum Gasteiger partial charge on any atom is 0.333 e. The third-order valence-electron chi connectivity index (χ3n) is 2.67. The van der Waals surface area contributed by atoms with Crippen LogP contribution in [0, 0.1) is 17.0 Å². The van der Waals surface area contributed by atoms with Gasteiger partial charge < -0.3 is 14.6 Å². The van der Waals surface area contributed by atoms with Gasteiger partial charge >= 0.3 is 5.69 Å². The fourth-order valence-corrected chi connectivity index (χ4v) is 1.88. The van der Waals surface area contributed by atoms with E-state index in [0.29, 0.717) is 18.0 Å². The zero-order valence-electron chi connectivity index (χ0n) is 12.1. The first-order chi connectivity index (χ1) is 9.97. The van der Waals surface area contributed by atoms with Crippen molar-refractivity contribution in [1.82, 2.24) is 5.16 Å². The van der Waals surface area contributed by atoms with Gasteiger partial charge in [0, 0.05) is 6.07 Å². The van der Waals surface area contributed by atoms with Crippen LogP contribution in [0.15, 0.2) is 28.8 Å². The van der Waals surface area contributed by atoms with Crippen LogP contribution < -0.4 is 10.1 Å². The molecule has 0 bridgehead atoms. The van der Waals surface area contributed by atoms with Crippen molar-refractivity contribution in [2.75, 3.05) is 5.32 Å². The molecule has 1 aromatic carbocycles. The summed E-state index contributed by atoms with van der Waals surface area (Å²) in [5, 5.41) is 18.0. The molecule has 0 saturated heterocycles. The lowest BCUT2D eigenvalue weighted by Crippen LogP contribution is -2.09. The number of nitro groups is 1. The van der Waals surface area contributed by atoms with Gasteiger partial charge in [-0.2, -0.15) is 0 Å². The normalized spacial score (nSPS) is 10.7. The number of aromatic nitrogens is 1. The molecule has 7 nitrogen and oxygen atoms in total. The molecule has 0 aliphatic carbocycles. The summed E-state index contributed by atoms with van der Waals surface area (Å²) in [5.74, 6) is 0.853. The van der Waals surface area contributed by atoms with Crippen molar-refractivity contribution >= 4 is 11.4 Å². The van der Waals surface area contributed by atoms with Crippen LogP contribution in [0.25, 0.3) is 0 Å². The summed E-state index contributed by atoms with van der Waals surface area (Å²) in [7, 11) is 0. The highest BCUT2D eigenvalue weighted by molar-refractivity contribution is 5.68. The second kappa shape index (κ2) is 6.25. The van der Waals surface area contributed by atoms with Crippen molar-refractivity contribution in [3.05, 3.63) is 45.8 Å². The molecule has 112 valence electrons. The molecule has 21 heavy (non-hydrogen) atoms. The minimum absolute atomic E-state index is 0.0811. The summed E-state index contributed by atoms with van der Waals surface area (Å²) < 4.78 is 10.6. The number of benzene rings is 1. The second-order valence-corrected chi connectivity index (χ2v) is 4.86. The van der Waals surface area contributed by atoms with Crippen molar-refractivity contribution in [2.45, 2.75) is 33.4 Å². The van der Waals surface area contributed by atoms with Crippen LogP contribution in [0.3, 0.4) is 0 Å². The molecule has 1 N–H and O–H groups in total. The summed E-state index contributed by atoms with van der Waals surface area (Å²) in [6, 6.07) is 6.70. The predicted octanol–water partition coefficient (Wildman–Crippen LogP) is 3.29. The summed E-state index contributed by atoms with van der Waals surface area (Å²) >= 11 is 0. The average molecular weight is 291 g/mol. The molecule has 0 saturated carbocycles. The third-order valence-corrected chi connectivity index (χ3v) is 2.67. The highest BCUT2D eigenvalue weighted by Gasteiger charge is 2.21. The molecule has 0 aliphatic heterocycles. The van der Waals surface area contributed by atoms with E-state index in [-0.39, 0.29) is 17.5 Å². The molecule has 0 amide bonds. The molecular weight excluding hydrogens is 274 g/mol. The molecule has 2 aromatic rings. The maximum atomic E-state index is 11.3. The number of nitrogens with zero attached hydrogens (tertiary/aromatic N) is 2. The van der Waals surface area contributed by atoms with Crippen LogP contribution in [0.4, 0.5) is 11.4 Å². The third kappa shape index (κ3) is 3.71. The van der Waals surface area contributed by atoms with E-state index in [0.717, 1.165) is 5.69 Å². The molecule has 2 rings (SSSR count). The molecule has 0 atom stereocenters. The first-order valence-electron chi connectivity index (χ1n) is 6.57. The van der Waals surface area contributed by atoms with Gasteiger partial charge in [-0.1, -0.05) is 11.2 Å². The van der Waals surface area contributed by atoms with Crippen LogP contribution in [0.1, 0.15) is 25.3 Å². The van der Waals surface area contributed by atoms with E-state index >= 15 is 0 Å². The second-order valence-electron chi connectivity index (χ2n) is 4.86. The fourth-order valence-electron chi connectivity index (χ4n) is 1.88. The Kier molecular flexibility index (Phi) is 4.42. The molecule has 0 radical (unpaired) electrons. The fraction of sp³-hybridized carbons (Fsp3) is 0.357. The van der Waals surface area contributed by atoms with Crippen LogP contribution in [-0.4, -0.2) is 16.2 Å². The van der Waals surface area contributed by atoms with Gasteiger partial charge in [-0.05, 0) is 32.9 Å². The van der Waals surface area contributed by atoms with E-state index in [2.05, 4.69) is 10.5 Å². The lowest BCUT2D eigenvalue weighted by molar-refractivity contribution is -0.385. The van der Waals surface area contributed by atoms with Crippen LogP contribution in [-0.2, 0) is 6.54 Å². The van der Waals surface area contributed by atoms with Crippen molar-refractivity contribution in [3.8, 4) is 5.75 Å². The number of nitrogens with one attached hydrogen (secondary N) is 1. The van der Waals surface area contributed by atoms with Crippen molar-refractivity contribution in [3.63, 3.8) is 0 Å². The van der Waals surface area contributed by atoms with Gasteiger partial charge in [0.05, 0.1) is 23.3 Å². The Labute approximate surface area is 122 Å². The number of hydrogen-bond acceptors (Lipinski definition) is 6. The Bertz CT molecular complexity index is 637. The largest absolute Gasteiger partial charge is 0.484 e. The van der Waals surface area contributed by atoms with E-state index in [9.17, 15) is 10.1 Å². The van der Waals surface area contributed by atoms with Gasteiger partial charge in [0.15, 0.2) is 11.5 Å². The number of ether oxygens (including phenoxy) is 1. The molecule has 0 fully saturated rings. The van der Waals surface area contributed by atoms with Crippen LogP contribution in [0.2, 0.25) is 0 Å². The minimum Gasteiger partial charge on any atom is -0.484 e. The Morgan fingerprint density at radius 2 is 2.24 bits per heavy atom. The Morgan fingerprint density at radius 1 is 1.48 bits per heavy atom. The number of aryl methyl sites for hydroxylation is 1. The summed E-state index contributed by atoms with van der Waals surface area (Å²) in [6.07, 6.45) is -0.143. The van der Waals surface area contributed by atoms with Gasteiger partial charge in [-0.3, -0.25) is 10.1 Å². The van der Waals surface area contributed by atoms with Crippen molar-refractivity contribution in [1.29, 1.82) is 0 Å². The van der Waals surface area contributed by atoms with Crippen LogP contribution in [0.5, 0.6) is 5.75 Å². The summed E-state index contributed by atoms with van der Waals surface area (Å²) in [5.41, 5.74) is 1.06. The van der Waals surface area contributed by atoms with E-state index in [4.69, 9.17) is 9.26 Å². The number of para-hydroxylation sites is 1. The first-order valence-corrected chi connectivity index (χ1v) is 6.57. The van der Waals surface area contributed by atoms with E-state index in [1.54, 1.807) is 24.3 Å². The smallest absolute Gasteiger partial charge is 0.333 e. The van der Waals surface area contributed by atoms with E-state index in [1.165, 1.54) is 0 Å². The monoisotopic (exact) mass is 291 g/mol. The van der Waals surface area contributed by atoms with Gasteiger partial charge in [-0.15, -0.1) is 0 Å². The lowest BCUT2D eigenvalue weighted by Gasteiger charge is -2.12. The molecule has 1 aromatic heterocycles. The summed E-state index contributed by atoms with van der Waals surface area (Å²) in [4.78, 5) is 10.8. The van der Waals surface area contributed by atoms with Crippen molar-refractivity contribution < 1.29 is 14.2 Å².